The van der Waals surface area contributed by atoms with Crippen LogP contribution in [0.4, 0.5) is 0 Å². The van der Waals surface area contributed by atoms with Crippen LogP contribution in [0.25, 0.3) is 0 Å². The summed E-state index contributed by atoms with van der Waals surface area (Å²) < 4.78 is 0. The van der Waals surface area contributed by atoms with Crippen molar-refractivity contribution >= 4 is 0 Å². The third-order valence-electron chi connectivity index (χ3n) is 12.6. The third kappa shape index (κ3) is 3.40. The number of nitrogens with one attached hydrogen (secondary N) is 1. The van der Waals surface area contributed by atoms with E-state index in [0.29, 0.717) is 16.5 Å². The Morgan fingerprint density at radius 3 is 2.03 bits per heavy atom. The summed E-state index contributed by atoms with van der Waals surface area (Å²) in [5, 5.41) is 4.75. The van der Waals surface area contributed by atoms with Gasteiger partial charge in [-0.2, -0.15) is 0 Å². The van der Waals surface area contributed by atoms with Gasteiger partial charge in [-0.3, -0.25) is 0 Å². The Morgan fingerprint density at radius 2 is 1.34 bits per heavy atom. The van der Waals surface area contributed by atoms with Gasteiger partial charge in [-0.15, -0.1) is 0 Å². The van der Waals surface area contributed by atoms with E-state index in [4.69, 9.17) is 5.32 Å². The van der Waals surface area contributed by atoms with Crippen molar-refractivity contribution in [2.45, 2.75) is 153 Å². The second-order valence-corrected chi connectivity index (χ2v) is 15.3. The van der Waals surface area contributed by atoms with Gasteiger partial charge in [-0.05, 0) is 137 Å². The first-order valence-electron chi connectivity index (χ1n) is 15.3. The highest BCUT2D eigenvalue weighted by atomic mass is 15.1. The molecule has 4 unspecified atom stereocenters. The molecule has 0 radical (unpaired) electrons. The van der Waals surface area contributed by atoms with Crippen molar-refractivity contribution in [3.05, 3.63) is 0 Å². The van der Waals surface area contributed by atoms with Crippen molar-refractivity contribution in [1.29, 1.82) is 0 Å². The molecule has 9 rings (SSSR count). The quantitative estimate of drug-likeness (QED) is 0.394. The van der Waals surface area contributed by atoms with Crippen LogP contribution in [-0.4, -0.2) is 11.1 Å². The maximum atomic E-state index is 4.75. The molecular weight excluding hydrogens is 386 g/mol. The summed E-state index contributed by atoms with van der Waals surface area (Å²) in [6, 6.07) is 0. The number of unbranched alkanes of at least 4 members (excludes halogenated alkanes) is 2. The van der Waals surface area contributed by atoms with E-state index in [2.05, 4.69) is 6.92 Å². The summed E-state index contributed by atoms with van der Waals surface area (Å²) in [5.41, 5.74) is 2.51. The molecule has 0 aliphatic heterocycles. The van der Waals surface area contributed by atoms with Crippen molar-refractivity contribution in [1.82, 2.24) is 5.32 Å². The minimum Gasteiger partial charge on any atom is -0.306 e. The molecule has 8 bridgehead atoms. The monoisotopic (exact) mass is 437 g/mol. The molecule has 0 saturated heterocycles. The van der Waals surface area contributed by atoms with E-state index in [-0.39, 0.29) is 0 Å². The highest BCUT2D eigenvalue weighted by Crippen LogP contribution is 2.72. The van der Waals surface area contributed by atoms with Crippen molar-refractivity contribution in [2.75, 3.05) is 0 Å². The molecule has 1 nitrogen and oxygen atoms in total. The van der Waals surface area contributed by atoms with Crippen LogP contribution in [0.5, 0.6) is 0 Å². The first kappa shape index (κ1) is 21.3. The number of hydrogen-bond donors (Lipinski definition) is 1. The van der Waals surface area contributed by atoms with Gasteiger partial charge in [0.05, 0.1) is 0 Å². The van der Waals surface area contributed by atoms with E-state index in [1.807, 2.05) is 0 Å². The minimum absolute atomic E-state index is 0.523. The summed E-state index contributed by atoms with van der Waals surface area (Å²) in [7, 11) is 0. The van der Waals surface area contributed by atoms with Crippen LogP contribution < -0.4 is 5.32 Å². The molecule has 9 saturated carbocycles. The fourth-order valence-electron chi connectivity index (χ4n) is 12.9. The third-order valence-corrected chi connectivity index (χ3v) is 12.6. The topological polar surface area (TPSA) is 12.0 Å². The molecule has 9 aliphatic carbocycles. The Kier molecular flexibility index (Phi) is 4.97. The lowest BCUT2D eigenvalue weighted by atomic mass is 9.37. The highest BCUT2D eigenvalue weighted by Gasteiger charge is 2.66. The largest absolute Gasteiger partial charge is 0.306 e. The molecular formula is C31H51N. The lowest BCUT2D eigenvalue weighted by molar-refractivity contribution is -0.178. The highest BCUT2D eigenvalue weighted by molar-refractivity contribution is 5.20. The van der Waals surface area contributed by atoms with E-state index in [1.165, 1.54) is 38.5 Å². The summed E-state index contributed by atoms with van der Waals surface area (Å²) in [6.45, 7) is 2.40. The second kappa shape index (κ2) is 7.48. The van der Waals surface area contributed by atoms with Gasteiger partial charge in [-0.25, -0.2) is 0 Å². The predicted octanol–water partition coefficient (Wildman–Crippen LogP) is 8.41. The molecule has 1 N–H and O–H groups in total. The van der Waals surface area contributed by atoms with Crippen molar-refractivity contribution in [3.63, 3.8) is 0 Å². The Labute approximate surface area is 198 Å². The second-order valence-electron chi connectivity index (χ2n) is 15.3. The van der Waals surface area contributed by atoms with Gasteiger partial charge in [0.25, 0.3) is 0 Å². The smallest absolute Gasteiger partial charge is 0.0200 e. The number of rotatable bonds is 7. The van der Waals surface area contributed by atoms with Gasteiger partial charge < -0.3 is 5.32 Å². The minimum atomic E-state index is 0.523. The average Bonchev–Trinajstić information content (AvgIpc) is 2.72. The van der Waals surface area contributed by atoms with Crippen LogP contribution in [0.3, 0.4) is 0 Å². The first-order chi connectivity index (χ1) is 15.5. The zero-order valence-electron chi connectivity index (χ0n) is 21.2. The number of hydrogen-bond acceptors (Lipinski definition) is 1. The lowest BCUT2D eigenvalue weighted by Crippen LogP contribution is -2.72. The molecule has 9 aliphatic rings. The van der Waals surface area contributed by atoms with Crippen molar-refractivity contribution < 1.29 is 0 Å². The molecule has 0 heterocycles. The molecule has 32 heavy (non-hydrogen) atoms. The molecule has 0 aromatic heterocycles. The van der Waals surface area contributed by atoms with Gasteiger partial charge in [0.15, 0.2) is 0 Å². The van der Waals surface area contributed by atoms with E-state index < -0.39 is 0 Å². The Morgan fingerprint density at radius 1 is 0.656 bits per heavy atom. The van der Waals surface area contributed by atoms with E-state index >= 15 is 0 Å². The summed E-state index contributed by atoms with van der Waals surface area (Å²) >= 11 is 0. The van der Waals surface area contributed by atoms with Gasteiger partial charge in [0.1, 0.15) is 0 Å². The van der Waals surface area contributed by atoms with Gasteiger partial charge in [0, 0.05) is 11.1 Å². The summed E-state index contributed by atoms with van der Waals surface area (Å²) in [6.07, 6.45) is 32.7. The normalized spacial score (nSPS) is 53.9. The first-order valence-corrected chi connectivity index (χ1v) is 15.3. The zero-order valence-corrected chi connectivity index (χ0v) is 21.2. The molecule has 1 heteroatoms. The Hall–Kier alpha value is -0.0400. The molecule has 0 spiro atoms. The van der Waals surface area contributed by atoms with Crippen molar-refractivity contribution in [2.24, 2.45) is 40.4 Å². The van der Waals surface area contributed by atoms with Crippen LogP contribution in [0.2, 0.25) is 0 Å². The zero-order chi connectivity index (χ0) is 21.4. The molecule has 9 fully saturated rings. The summed E-state index contributed by atoms with van der Waals surface area (Å²) in [4.78, 5) is 0. The van der Waals surface area contributed by atoms with Crippen LogP contribution in [0.1, 0.15) is 142 Å². The summed E-state index contributed by atoms with van der Waals surface area (Å²) in [5.74, 6) is 5.36. The molecule has 180 valence electrons. The molecule has 0 amide bonds. The lowest BCUT2D eigenvalue weighted by Gasteiger charge is -2.71. The molecule has 4 atom stereocenters. The Bertz CT molecular complexity index is 685. The molecule has 0 aromatic rings. The van der Waals surface area contributed by atoms with Crippen molar-refractivity contribution in [3.8, 4) is 0 Å². The van der Waals surface area contributed by atoms with Gasteiger partial charge in [0.2, 0.25) is 0 Å². The molecule has 0 aromatic carbocycles. The van der Waals surface area contributed by atoms with Crippen LogP contribution >= 0.6 is 0 Å². The fraction of sp³-hybridized carbons (Fsp3) is 1.00. The Balaban J connectivity index is 1.21. The predicted molar refractivity (Wildman–Crippen MR) is 134 cm³/mol. The maximum Gasteiger partial charge on any atom is 0.0200 e. The fourth-order valence-corrected chi connectivity index (χ4v) is 12.9. The van der Waals surface area contributed by atoms with E-state index in [1.54, 1.807) is 96.3 Å². The van der Waals surface area contributed by atoms with Crippen LogP contribution in [-0.2, 0) is 0 Å². The van der Waals surface area contributed by atoms with Gasteiger partial charge in [-0.1, -0.05) is 45.4 Å². The standard InChI is InChI=1S/C31H51N/c1-2-3-7-10-28-14-26-15-29(20-28,27-8-5-4-6-9-27)22-31(19-26,21-28)32-30-16-23-11-24(17-30)13-25(12-23)18-30/h23-27,32H,2-22H2,1H3. The van der Waals surface area contributed by atoms with Gasteiger partial charge >= 0.3 is 0 Å². The maximum absolute atomic E-state index is 4.75. The van der Waals surface area contributed by atoms with E-state index in [9.17, 15) is 0 Å². The van der Waals surface area contributed by atoms with Crippen LogP contribution in [0.15, 0.2) is 0 Å². The SMILES string of the molecule is CCCCCC12CC3CC(NC45CC6CC(CC(C6)C4)C5)(C1)CC(C1CCCCC1)(C3)C2. The average molecular weight is 438 g/mol. The van der Waals surface area contributed by atoms with Crippen LogP contribution in [0, 0.1) is 40.4 Å². The van der Waals surface area contributed by atoms with E-state index in [0.717, 1.165) is 35.0 Å².